The maximum Gasteiger partial charge on any atom is 0.228 e. The van der Waals surface area contributed by atoms with Gasteiger partial charge in [0.25, 0.3) is 0 Å². The van der Waals surface area contributed by atoms with Crippen LogP contribution in [0.25, 0.3) is 3.58 Å². The van der Waals surface area contributed by atoms with Crippen LogP contribution in [0, 0.1) is 19.7 Å². The normalized spacial score (nSPS) is 13.9. The number of hydrogen-bond donors (Lipinski definition) is 2. The quantitative estimate of drug-likeness (QED) is 0.446. The third-order valence-corrected chi connectivity index (χ3v) is 4.87. The van der Waals surface area contributed by atoms with Gasteiger partial charge in [0.05, 0.1) is 12.1 Å². The van der Waals surface area contributed by atoms with Crippen LogP contribution in [-0.4, -0.2) is 16.7 Å². The Kier molecular flexibility index (Phi) is 4.09. The van der Waals surface area contributed by atoms with Gasteiger partial charge < -0.3 is 10.3 Å². The molecule has 2 aromatic rings. The van der Waals surface area contributed by atoms with Crippen LogP contribution in [-0.2, 0) is 11.2 Å². The molecule has 0 atom stereocenters. The zero-order valence-corrected chi connectivity index (χ0v) is 14.7. The Morgan fingerprint density at radius 1 is 1.35 bits per heavy atom. The topological polar surface area (TPSA) is 62.0 Å². The number of rotatable bonds is 3. The van der Waals surface area contributed by atoms with Gasteiger partial charge in [-0.25, -0.2) is 4.39 Å². The summed E-state index contributed by atoms with van der Waals surface area (Å²) in [4.78, 5) is 26.9. The van der Waals surface area contributed by atoms with Crippen LogP contribution in [0.4, 0.5) is 10.1 Å². The van der Waals surface area contributed by atoms with E-state index in [0.717, 1.165) is 11.1 Å². The summed E-state index contributed by atoms with van der Waals surface area (Å²) in [6, 6.07) is 2.85. The van der Waals surface area contributed by atoms with E-state index in [1.54, 1.807) is 12.3 Å². The summed E-state index contributed by atoms with van der Waals surface area (Å²) < 4.78 is 14.7. The molecule has 118 valence electrons. The Labute approximate surface area is 146 Å². The Morgan fingerprint density at radius 2 is 2.09 bits per heavy atom. The number of H-pyrrole nitrogens is 1. The largest absolute Gasteiger partial charge is 0.358 e. The lowest BCUT2D eigenvalue weighted by Crippen LogP contribution is -2.03. The van der Waals surface area contributed by atoms with Crippen molar-refractivity contribution in [3.63, 3.8) is 0 Å². The van der Waals surface area contributed by atoms with Crippen LogP contribution >= 0.6 is 22.6 Å². The Morgan fingerprint density at radius 3 is 2.74 bits per heavy atom. The molecule has 0 aliphatic carbocycles. The number of carbonyl (C=O) groups is 2. The molecule has 1 aliphatic heterocycles. The first-order valence-electron chi connectivity index (χ1n) is 7.06. The highest BCUT2D eigenvalue weighted by atomic mass is 127. The van der Waals surface area contributed by atoms with Crippen molar-refractivity contribution in [3.05, 3.63) is 58.2 Å². The number of allylic oxidation sites excluding steroid dienone is 1. The average Bonchev–Trinajstić information content (AvgIpc) is 3.01. The summed E-state index contributed by atoms with van der Waals surface area (Å²) in [5.41, 5.74) is 3.90. The van der Waals surface area contributed by atoms with Gasteiger partial charge in [0, 0.05) is 27.1 Å². The lowest BCUT2D eigenvalue weighted by molar-refractivity contribution is -0.115. The van der Waals surface area contributed by atoms with Crippen molar-refractivity contribution in [2.75, 3.05) is 5.32 Å². The molecule has 3 rings (SSSR count). The summed E-state index contributed by atoms with van der Waals surface area (Å²) in [7, 11) is 0. The number of amides is 1. The number of aromatic nitrogens is 1. The van der Waals surface area contributed by atoms with Gasteiger partial charge in [-0.05, 0) is 65.3 Å². The molecular weight excluding hydrogens is 410 g/mol. The molecule has 1 aromatic heterocycles. The predicted molar refractivity (Wildman–Crippen MR) is 95.3 cm³/mol. The van der Waals surface area contributed by atoms with E-state index < -0.39 is 5.82 Å². The third kappa shape index (κ3) is 2.83. The summed E-state index contributed by atoms with van der Waals surface area (Å²) in [6.45, 7) is 3.78. The number of halogens is 2. The molecule has 1 amide bonds. The highest BCUT2D eigenvalue weighted by molar-refractivity contribution is 14.1. The second-order valence-corrected chi connectivity index (χ2v) is 6.66. The number of hydrogen-bond acceptors (Lipinski definition) is 2. The molecule has 0 saturated heterocycles. The van der Waals surface area contributed by atoms with Gasteiger partial charge in [0.1, 0.15) is 5.82 Å². The van der Waals surface area contributed by atoms with E-state index in [2.05, 4.69) is 10.3 Å². The van der Waals surface area contributed by atoms with Crippen molar-refractivity contribution >= 4 is 43.5 Å². The highest BCUT2D eigenvalue weighted by Crippen LogP contribution is 2.36. The second-order valence-electron chi connectivity index (χ2n) is 5.50. The molecule has 2 N–H and O–H groups in total. The van der Waals surface area contributed by atoms with Gasteiger partial charge >= 0.3 is 0 Å². The number of benzene rings is 1. The summed E-state index contributed by atoms with van der Waals surface area (Å²) >= 11 is 1.94. The van der Waals surface area contributed by atoms with E-state index in [9.17, 15) is 14.0 Å². The summed E-state index contributed by atoms with van der Waals surface area (Å²) in [5.74, 6) is -0.819. The van der Waals surface area contributed by atoms with E-state index in [0.29, 0.717) is 26.1 Å². The molecule has 23 heavy (non-hydrogen) atoms. The second kappa shape index (κ2) is 5.92. The summed E-state index contributed by atoms with van der Waals surface area (Å²) in [6.07, 6.45) is 3.30. The number of aromatic amines is 1. The van der Waals surface area contributed by atoms with E-state index >= 15 is 0 Å². The van der Waals surface area contributed by atoms with Crippen molar-refractivity contribution in [2.24, 2.45) is 0 Å². The molecule has 0 unspecified atom stereocenters. The molecule has 2 heterocycles. The SMILES string of the molecule is Cc1c[nH]c(C(=O)/C=C(\I)c2c(F)ccc3c2CC(=O)N3)c1C. The average molecular weight is 424 g/mol. The molecular formula is C17H14FIN2O2. The molecule has 0 spiro atoms. The molecule has 6 heteroatoms. The minimum absolute atomic E-state index is 0.123. The van der Waals surface area contributed by atoms with Crippen LogP contribution in [0.2, 0.25) is 0 Å². The van der Waals surface area contributed by atoms with Crippen molar-refractivity contribution in [2.45, 2.75) is 20.3 Å². The van der Waals surface area contributed by atoms with Gasteiger partial charge in [0.2, 0.25) is 11.7 Å². The maximum atomic E-state index is 14.3. The van der Waals surface area contributed by atoms with E-state index in [-0.39, 0.29) is 18.1 Å². The number of carbonyl (C=O) groups excluding carboxylic acids is 2. The fourth-order valence-electron chi connectivity index (χ4n) is 2.64. The monoisotopic (exact) mass is 424 g/mol. The van der Waals surface area contributed by atoms with Gasteiger partial charge in [-0.2, -0.15) is 0 Å². The molecule has 0 bridgehead atoms. The first-order valence-corrected chi connectivity index (χ1v) is 8.14. The lowest BCUT2D eigenvalue weighted by atomic mass is 10.0. The minimum atomic E-state index is -0.437. The number of anilines is 1. The first-order chi connectivity index (χ1) is 10.9. The maximum absolute atomic E-state index is 14.3. The fourth-order valence-corrected chi connectivity index (χ4v) is 3.51. The molecule has 1 aliphatic rings. The number of fused-ring (bicyclic) bond motifs is 1. The lowest BCUT2D eigenvalue weighted by Gasteiger charge is -2.08. The summed E-state index contributed by atoms with van der Waals surface area (Å²) in [5, 5.41) is 2.69. The van der Waals surface area contributed by atoms with Gasteiger partial charge in [-0.3, -0.25) is 9.59 Å². The fraction of sp³-hybridized carbons (Fsp3) is 0.176. The van der Waals surface area contributed by atoms with E-state index in [1.807, 2.05) is 36.4 Å². The van der Waals surface area contributed by atoms with E-state index in [1.165, 1.54) is 12.1 Å². The standard InChI is InChI=1S/C17H14FIN2O2/c1-8-7-20-17(9(8)2)14(22)6-12(19)16-10-5-15(23)21-13(10)4-3-11(16)18/h3-4,6-7,20H,5H2,1-2H3,(H,21,23)/b12-6-. The van der Waals surface area contributed by atoms with Crippen LogP contribution < -0.4 is 5.32 Å². The Bertz CT molecular complexity index is 868. The van der Waals surface area contributed by atoms with Crippen molar-refractivity contribution in [1.82, 2.24) is 4.98 Å². The van der Waals surface area contributed by atoms with Crippen LogP contribution in [0.15, 0.2) is 24.4 Å². The molecule has 4 nitrogen and oxygen atoms in total. The molecule has 0 fully saturated rings. The van der Waals surface area contributed by atoms with Gasteiger partial charge in [0.15, 0.2) is 0 Å². The zero-order valence-electron chi connectivity index (χ0n) is 12.6. The Hall–Kier alpha value is -1.96. The van der Waals surface area contributed by atoms with Crippen LogP contribution in [0.1, 0.15) is 32.7 Å². The smallest absolute Gasteiger partial charge is 0.228 e. The zero-order chi connectivity index (χ0) is 16.7. The van der Waals surface area contributed by atoms with Crippen molar-refractivity contribution in [1.29, 1.82) is 0 Å². The van der Waals surface area contributed by atoms with Gasteiger partial charge in [-0.15, -0.1) is 0 Å². The third-order valence-electron chi connectivity index (χ3n) is 4.02. The highest BCUT2D eigenvalue weighted by Gasteiger charge is 2.25. The first kappa shape index (κ1) is 15.9. The van der Waals surface area contributed by atoms with Crippen LogP contribution in [0.5, 0.6) is 0 Å². The van der Waals surface area contributed by atoms with E-state index in [4.69, 9.17) is 0 Å². The molecule has 1 aromatic carbocycles. The minimum Gasteiger partial charge on any atom is -0.358 e. The Balaban J connectivity index is 2.03. The van der Waals surface area contributed by atoms with Crippen molar-refractivity contribution < 1.29 is 14.0 Å². The predicted octanol–water partition coefficient (Wildman–Crippen LogP) is 3.92. The number of aryl methyl sites for hydroxylation is 1. The number of ketones is 1. The number of nitrogens with one attached hydrogen (secondary N) is 2. The van der Waals surface area contributed by atoms with Crippen LogP contribution in [0.3, 0.4) is 0 Å². The molecule has 0 radical (unpaired) electrons. The molecule has 0 saturated carbocycles. The van der Waals surface area contributed by atoms with Gasteiger partial charge in [-0.1, -0.05) is 0 Å². The van der Waals surface area contributed by atoms with Crippen molar-refractivity contribution in [3.8, 4) is 0 Å².